The number of anilines is 2. The normalized spacial score (nSPS) is 17.9. The van der Waals surface area contributed by atoms with Gasteiger partial charge in [0.15, 0.2) is 6.04 Å². The van der Waals surface area contributed by atoms with Crippen molar-refractivity contribution in [3.63, 3.8) is 0 Å². The molecule has 0 spiro atoms. The van der Waals surface area contributed by atoms with Crippen LogP contribution in [0.3, 0.4) is 0 Å². The molecule has 2 atom stereocenters. The largest absolute Gasteiger partial charge is 0.497 e. The Kier molecular flexibility index (Phi) is 6.33. The summed E-state index contributed by atoms with van der Waals surface area (Å²) in [7, 11) is 1.56. The second-order valence-corrected chi connectivity index (χ2v) is 7.72. The lowest BCUT2D eigenvalue weighted by Crippen LogP contribution is -2.55. The number of methoxy groups -OCH3 is 1. The Hall–Kier alpha value is -3.84. The molecule has 4 rings (SSSR count). The van der Waals surface area contributed by atoms with Gasteiger partial charge in [0.2, 0.25) is 5.60 Å². The number of benzene rings is 3. The van der Waals surface area contributed by atoms with Crippen molar-refractivity contribution in [1.29, 1.82) is 0 Å². The maximum absolute atomic E-state index is 13.7. The second kappa shape index (κ2) is 9.34. The zero-order valence-electron chi connectivity index (χ0n) is 18.5. The summed E-state index contributed by atoms with van der Waals surface area (Å²) in [6.45, 7) is 2.05. The first-order valence-corrected chi connectivity index (χ1v) is 10.7. The lowest BCUT2D eigenvalue weighted by molar-refractivity contribution is -0.156. The Morgan fingerprint density at radius 2 is 1.70 bits per heavy atom. The summed E-state index contributed by atoms with van der Waals surface area (Å²) >= 11 is 0. The number of ether oxygens (including phenoxy) is 2. The number of para-hydroxylation sites is 1. The van der Waals surface area contributed by atoms with Gasteiger partial charge in [-0.05, 0) is 42.8 Å². The minimum absolute atomic E-state index is 0.110. The summed E-state index contributed by atoms with van der Waals surface area (Å²) in [4.78, 5) is 28.3. The topological polar surface area (TPSA) is 88.1 Å². The van der Waals surface area contributed by atoms with E-state index < -0.39 is 23.5 Å². The van der Waals surface area contributed by atoms with Gasteiger partial charge in [-0.2, -0.15) is 0 Å². The molecule has 1 aliphatic rings. The second-order valence-electron chi connectivity index (χ2n) is 7.72. The number of carbonyl (C=O) groups is 2. The molecule has 0 saturated carbocycles. The van der Waals surface area contributed by atoms with Gasteiger partial charge >= 0.3 is 5.97 Å². The molecule has 0 saturated heterocycles. The van der Waals surface area contributed by atoms with E-state index in [9.17, 15) is 14.7 Å². The SMILES string of the molecule is CCOC(=O)[C@@H](Nc1ccc(OC)cc1)[C@@]1(O)C(=O)N(Cc2ccccc2)c2ccccc21. The Morgan fingerprint density at radius 3 is 2.36 bits per heavy atom. The Labute approximate surface area is 192 Å². The van der Waals surface area contributed by atoms with Crippen LogP contribution in [0.25, 0.3) is 0 Å². The molecule has 2 N–H and O–H groups in total. The molecule has 170 valence electrons. The van der Waals surface area contributed by atoms with E-state index in [1.165, 1.54) is 4.90 Å². The third-order valence-corrected chi connectivity index (χ3v) is 5.70. The summed E-state index contributed by atoms with van der Waals surface area (Å²) in [5.41, 5.74) is 0.192. The fourth-order valence-corrected chi connectivity index (χ4v) is 4.08. The lowest BCUT2D eigenvalue weighted by Gasteiger charge is -2.31. The van der Waals surface area contributed by atoms with Crippen LogP contribution in [0.15, 0.2) is 78.9 Å². The summed E-state index contributed by atoms with van der Waals surface area (Å²) in [5.74, 6) is -0.671. The van der Waals surface area contributed by atoms with E-state index in [0.29, 0.717) is 22.7 Å². The molecule has 3 aromatic carbocycles. The van der Waals surface area contributed by atoms with Gasteiger partial charge in [0, 0.05) is 11.3 Å². The fourth-order valence-electron chi connectivity index (χ4n) is 4.08. The Morgan fingerprint density at radius 1 is 1.03 bits per heavy atom. The van der Waals surface area contributed by atoms with Gasteiger partial charge in [0.05, 0.1) is 25.9 Å². The molecule has 7 nitrogen and oxygen atoms in total. The van der Waals surface area contributed by atoms with Crippen molar-refractivity contribution < 1.29 is 24.2 Å². The number of amides is 1. The first-order chi connectivity index (χ1) is 16.0. The number of carbonyl (C=O) groups excluding carboxylic acids is 2. The van der Waals surface area contributed by atoms with Crippen molar-refractivity contribution in [2.45, 2.75) is 25.1 Å². The van der Waals surface area contributed by atoms with Crippen LogP contribution in [0.5, 0.6) is 5.75 Å². The number of fused-ring (bicyclic) bond motifs is 1. The quantitative estimate of drug-likeness (QED) is 0.515. The predicted molar refractivity (Wildman–Crippen MR) is 125 cm³/mol. The molecular formula is C26H26N2O5. The van der Waals surface area contributed by atoms with Crippen molar-refractivity contribution in [3.05, 3.63) is 90.0 Å². The third-order valence-electron chi connectivity index (χ3n) is 5.70. The highest BCUT2D eigenvalue weighted by molar-refractivity contribution is 6.10. The van der Waals surface area contributed by atoms with Gasteiger partial charge in [-0.3, -0.25) is 4.79 Å². The summed E-state index contributed by atoms with van der Waals surface area (Å²) in [5, 5.41) is 14.9. The Balaban J connectivity index is 1.75. The van der Waals surface area contributed by atoms with Gasteiger partial charge in [-0.15, -0.1) is 0 Å². The minimum atomic E-state index is -2.16. The average Bonchev–Trinajstić information content (AvgIpc) is 3.06. The standard InChI is InChI=1S/C26H26N2O5/c1-3-33-24(29)23(27-19-13-15-20(32-2)16-14-19)26(31)21-11-7-8-12-22(21)28(25(26)30)17-18-9-5-4-6-10-18/h4-16,23,27,31H,3,17H2,1-2H3/t23-,26-/m1/s1. The van der Waals surface area contributed by atoms with E-state index in [0.717, 1.165) is 5.56 Å². The van der Waals surface area contributed by atoms with Gasteiger partial charge in [0.1, 0.15) is 5.75 Å². The molecule has 0 fully saturated rings. The number of aliphatic hydroxyl groups is 1. The molecule has 1 heterocycles. The van der Waals surface area contributed by atoms with E-state index >= 15 is 0 Å². The number of hydrogen-bond acceptors (Lipinski definition) is 6. The van der Waals surface area contributed by atoms with Crippen LogP contribution in [0.1, 0.15) is 18.1 Å². The van der Waals surface area contributed by atoms with Crippen molar-refractivity contribution in [2.75, 3.05) is 23.9 Å². The number of nitrogens with one attached hydrogen (secondary N) is 1. The summed E-state index contributed by atoms with van der Waals surface area (Å²) in [6.07, 6.45) is 0. The van der Waals surface area contributed by atoms with Crippen LogP contribution < -0.4 is 15.0 Å². The van der Waals surface area contributed by atoms with E-state index in [1.54, 1.807) is 62.6 Å². The number of rotatable bonds is 8. The van der Waals surface area contributed by atoms with Crippen molar-refractivity contribution in [2.24, 2.45) is 0 Å². The zero-order valence-corrected chi connectivity index (χ0v) is 18.5. The van der Waals surface area contributed by atoms with Gasteiger partial charge in [-0.25, -0.2) is 4.79 Å². The molecule has 0 unspecified atom stereocenters. The van der Waals surface area contributed by atoms with Crippen LogP contribution in [-0.2, 0) is 26.5 Å². The zero-order chi connectivity index (χ0) is 23.4. The highest BCUT2D eigenvalue weighted by Crippen LogP contribution is 2.44. The van der Waals surface area contributed by atoms with Crippen LogP contribution in [0.2, 0.25) is 0 Å². The molecule has 33 heavy (non-hydrogen) atoms. The first kappa shape index (κ1) is 22.4. The third kappa shape index (κ3) is 4.15. The van der Waals surface area contributed by atoms with Crippen LogP contribution in [0.4, 0.5) is 11.4 Å². The number of esters is 1. The van der Waals surface area contributed by atoms with Crippen molar-refractivity contribution in [3.8, 4) is 5.75 Å². The van der Waals surface area contributed by atoms with E-state index in [2.05, 4.69) is 5.32 Å². The van der Waals surface area contributed by atoms with Crippen molar-refractivity contribution >= 4 is 23.3 Å². The number of hydrogen-bond donors (Lipinski definition) is 2. The van der Waals surface area contributed by atoms with Crippen molar-refractivity contribution in [1.82, 2.24) is 0 Å². The van der Waals surface area contributed by atoms with Gasteiger partial charge in [0.25, 0.3) is 5.91 Å². The van der Waals surface area contributed by atoms with E-state index in [4.69, 9.17) is 9.47 Å². The monoisotopic (exact) mass is 446 g/mol. The van der Waals surface area contributed by atoms with Crippen LogP contribution in [0, 0.1) is 0 Å². The smallest absolute Gasteiger partial charge is 0.332 e. The molecule has 0 aromatic heterocycles. The molecule has 1 aliphatic heterocycles. The maximum Gasteiger partial charge on any atom is 0.332 e. The van der Waals surface area contributed by atoms with Crippen LogP contribution >= 0.6 is 0 Å². The molecule has 0 aliphatic carbocycles. The molecule has 1 amide bonds. The molecule has 0 radical (unpaired) electrons. The molecule has 0 bridgehead atoms. The van der Waals surface area contributed by atoms with Gasteiger partial charge in [-0.1, -0.05) is 48.5 Å². The van der Waals surface area contributed by atoms with E-state index in [-0.39, 0.29) is 13.2 Å². The highest BCUT2D eigenvalue weighted by atomic mass is 16.5. The summed E-state index contributed by atoms with van der Waals surface area (Å²) < 4.78 is 10.4. The molecular weight excluding hydrogens is 420 g/mol. The van der Waals surface area contributed by atoms with E-state index in [1.807, 2.05) is 30.3 Å². The number of nitrogens with zero attached hydrogens (tertiary/aromatic N) is 1. The highest BCUT2D eigenvalue weighted by Gasteiger charge is 2.58. The summed E-state index contributed by atoms with van der Waals surface area (Å²) in [6, 6.07) is 22.0. The van der Waals surface area contributed by atoms with Gasteiger partial charge < -0.3 is 24.8 Å². The predicted octanol–water partition coefficient (Wildman–Crippen LogP) is 3.47. The molecule has 3 aromatic rings. The van der Waals surface area contributed by atoms with Crippen LogP contribution in [-0.4, -0.2) is 36.7 Å². The molecule has 7 heteroatoms. The minimum Gasteiger partial charge on any atom is -0.497 e. The maximum atomic E-state index is 13.7. The first-order valence-electron chi connectivity index (χ1n) is 10.7. The Bertz CT molecular complexity index is 1130. The average molecular weight is 447 g/mol. The fraction of sp³-hybridized carbons (Fsp3) is 0.231. The lowest BCUT2D eigenvalue weighted by atomic mass is 9.87.